The number of anilines is 1. The summed E-state index contributed by atoms with van der Waals surface area (Å²) in [5.74, 6) is 1.29. The van der Waals surface area contributed by atoms with Crippen LogP contribution in [-0.4, -0.2) is 43.6 Å². The van der Waals surface area contributed by atoms with Crippen molar-refractivity contribution >= 4 is 23.3 Å². The average Bonchev–Trinajstić information content (AvgIpc) is 3.28. The number of aromatic nitrogens is 4. The number of likely N-dealkylation sites (tertiary alicyclic amines) is 1. The van der Waals surface area contributed by atoms with Crippen LogP contribution in [0.1, 0.15) is 35.2 Å². The molecule has 1 N–H and O–H groups in total. The van der Waals surface area contributed by atoms with E-state index < -0.39 is 0 Å². The third-order valence-corrected chi connectivity index (χ3v) is 5.03. The number of pyridine rings is 2. The number of piperidine rings is 1. The number of amides is 1. The fourth-order valence-corrected chi connectivity index (χ4v) is 3.48. The maximum Gasteiger partial charge on any atom is 0.255 e. The summed E-state index contributed by atoms with van der Waals surface area (Å²) in [6, 6.07) is 7.41. The normalized spacial score (nSPS) is 14.1. The molecule has 3 aromatic heterocycles. The van der Waals surface area contributed by atoms with Crippen LogP contribution in [-0.2, 0) is 6.54 Å². The van der Waals surface area contributed by atoms with Crippen molar-refractivity contribution < 1.29 is 4.79 Å². The van der Waals surface area contributed by atoms with Crippen LogP contribution in [0.3, 0.4) is 0 Å². The van der Waals surface area contributed by atoms with Gasteiger partial charge in [-0.2, -0.15) is 5.10 Å². The Morgan fingerprint density at radius 2 is 2.00 bits per heavy atom. The molecule has 0 bridgehead atoms. The monoisotopic (exact) mass is 396 g/mol. The Labute approximate surface area is 168 Å². The van der Waals surface area contributed by atoms with Crippen LogP contribution in [0, 0.1) is 0 Å². The van der Waals surface area contributed by atoms with Gasteiger partial charge in [0.1, 0.15) is 5.82 Å². The molecule has 0 saturated carbocycles. The summed E-state index contributed by atoms with van der Waals surface area (Å²) in [5.41, 5.74) is 1.55. The SMILES string of the molecule is O=C(c1cnc(NCc2ccnc(-n3cccn3)c2)c(Cl)c1)N1CCCCC1. The van der Waals surface area contributed by atoms with Gasteiger partial charge in [0.25, 0.3) is 5.91 Å². The van der Waals surface area contributed by atoms with Gasteiger partial charge >= 0.3 is 0 Å². The molecule has 4 heterocycles. The van der Waals surface area contributed by atoms with Crippen molar-refractivity contribution in [2.45, 2.75) is 25.8 Å². The molecular formula is C20H21ClN6O. The highest BCUT2D eigenvalue weighted by Gasteiger charge is 2.19. The van der Waals surface area contributed by atoms with Crippen LogP contribution in [0.2, 0.25) is 5.02 Å². The Balaban J connectivity index is 1.43. The Morgan fingerprint density at radius 3 is 2.75 bits per heavy atom. The molecule has 0 aromatic carbocycles. The average molecular weight is 397 g/mol. The van der Waals surface area contributed by atoms with E-state index in [0.29, 0.717) is 22.9 Å². The van der Waals surface area contributed by atoms with Gasteiger partial charge in [0.15, 0.2) is 5.82 Å². The number of nitrogens with one attached hydrogen (secondary N) is 1. The molecule has 3 aromatic rings. The van der Waals surface area contributed by atoms with Gasteiger partial charge in [0, 0.05) is 44.4 Å². The van der Waals surface area contributed by atoms with Gasteiger partial charge in [-0.1, -0.05) is 11.6 Å². The second-order valence-electron chi connectivity index (χ2n) is 6.73. The topological polar surface area (TPSA) is 75.9 Å². The largest absolute Gasteiger partial charge is 0.365 e. The third-order valence-electron chi connectivity index (χ3n) is 4.74. The van der Waals surface area contributed by atoms with Crippen molar-refractivity contribution in [1.29, 1.82) is 0 Å². The minimum absolute atomic E-state index is 0.00125. The highest BCUT2D eigenvalue weighted by atomic mass is 35.5. The van der Waals surface area contributed by atoms with E-state index in [1.54, 1.807) is 29.3 Å². The van der Waals surface area contributed by atoms with E-state index >= 15 is 0 Å². The molecule has 4 rings (SSSR count). The maximum atomic E-state index is 12.6. The van der Waals surface area contributed by atoms with E-state index in [1.807, 2.05) is 29.3 Å². The summed E-state index contributed by atoms with van der Waals surface area (Å²) in [7, 11) is 0. The molecule has 0 radical (unpaired) electrons. The molecular weight excluding hydrogens is 376 g/mol. The zero-order valence-electron chi connectivity index (χ0n) is 15.4. The Hall–Kier alpha value is -2.93. The zero-order valence-corrected chi connectivity index (χ0v) is 16.1. The molecule has 1 fully saturated rings. The molecule has 28 heavy (non-hydrogen) atoms. The van der Waals surface area contributed by atoms with Gasteiger partial charge < -0.3 is 10.2 Å². The number of carbonyl (C=O) groups is 1. The summed E-state index contributed by atoms with van der Waals surface area (Å²) >= 11 is 6.37. The molecule has 7 nitrogen and oxygen atoms in total. The summed E-state index contributed by atoms with van der Waals surface area (Å²) in [5, 5.41) is 7.85. The summed E-state index contributed by atoms with van der Waals surface area (Å²) in [4.78, 5) is 23.1. The van der Waals surface area contributed by atoms with Crippen LogP contribution in [0.5, 0.6) is 0 Å². The Kier molecular flexibility index (Phi) is 5.53. The van der Waals surface area contributed by atoms with Crippen LogP contribution in [0.25, 0.3) is 5.82 Å². The number of halogens is 1. The van der Waals surface area contributed by atoms with Crippen LogP contribution in [0.15, 0.2) is 49.1 Å². The quantitative estimate of drug-likeness (QED) is 0.713. The van der Waals surface area contributed by atoms with Crippen LogP contribution >= 0.6 is 11.6 Å². The van der Waals surface area contributed by atoms with E-state index in [0.717, 1.165) is 37.3 Å². The third kappa shape index (κ3) is 4.14. The predicted octanol–water partition coefficient (Wildman–Crippen LogP) is 3.55. The Bertz CT molecular complexity index is 953. The van der Waals surface area contributed by atoms with Crippen molar-refractivity contribution in [3.05, 3.63) is 65.2 Å². The number of nitrogens with zero attached hydrogens (tertiary/aromatic N) is 5. The lowest BCUT2D eigenvalue weighted by atomic mass is 10.1. The van der Waals surface area contributed by atoms with Crippen molar-refractivity contribution in [3.63, 3.8) is 0 Å². The second-order valence-corrected chi connectivity index (χ2v) is 7.14. The molecule has 0 aliphatic carbocycles. The fraction of sp³-hybridized carbons (Fsp3) is 0.300. The van der Waals surface area contributed by atoms with E-state index in [-0.39, 0.29) is 5.91 Å². The molecule has 0 atom stereocenters. The number of hydrogen-bond acceptors (Lipinski definition) is 5. The van der Waals surface area contributed by atoms with Crippen LogP contribution < -0.4 is 5.32 Å². The van der Waals surface area contributed by atoms with Crippen molar-refractivity contribution in [2.75, 3.05) is 18.4 Å². The van der Waals surface area contributed by atoms with E-state index in [9.17, 15) is 4.79 Å². The number of hydrogen-bond donors (Lipinski definition) is 1. The molecule has 0 spiro atoms. The lowest BCUT2D eigenvalue weighted by molar-refractivity contribution is 0.0724. The molecule has 1 aliphatic heterocycles. The fourth-order valence-electron chi connectivity index (χ4n) is 3.25. The first-order valence-corrected chi connectivity index (χ1v) is 9.72. The summed E-state index contributed by atoms with van der Waals surface area (Å²) in [6.45, 7) is 2.14. The van der Waals surface area contributed by atoms with Crippen molar-refractivity contribution in [1.82, 2.24) is 24.6 Å². The highest BCUT2D eigenvalue weighted by molar-refractivity contribution is 6.33. The summed E-state index contributed by atoms with van der Waals surface area (Å²) < 4.78 is 1.70. The number of rotatable bonds is 5. The first-order valence-electron chi connectivity index (χ1n) is 9.34. The smallest absolute Gasteiger partial charge is 0.255 e. The molecule has 1 amide bonds. The van der Waals surface area contributed by atoms with Gasteiger partial charge in [-0.3, -0.25) is 4.79 Å². The molecule has 0 unspecified atom stereocenters. The van der Waals surface area contributed by atoms with E-state index in [1.165, 1.54) is 6.42 Å². The lowest BCUT2D eigenvalue weighted by Gasteiger charge is -2.26. The minimum Gasteiger partial charge on any atom is -0.365 e. The molecule has 8 heteroatoms. The van der Waals surface area contributed by atoms with Gasteiger partial charge in [-0.05, 0) is 49.1 Å². The first-order chi connectivity index (χ1) is 13.7. The number of carbonyl (C=O) groups excluding carboxylic acids is 1. The standard InChI is InChI=1S/C20H21ClN6O/c21-17-12-16(20(28)26-8-2-1-3-9-26)14-24-19(17)23-13-15-5-7-22-18(11-15)27-10-4-6-25-27/h4-7,10-12,14H,1-3,8-9,13H2,(H,23,24). The Morgan fingerprint density at radius 1 is 1.14 bits per heavy atom. The maximum absolute atomic E-state index is 12.6. The molecule has 1 saturated heterocycles. The van der Waals surface area contributed by atoms with Crippen molar-refractivity contribution in [3.8, 4) is 5.82 Å². The molecule has 1 aliphatic rings. The summed E-state index contributed by atoms with van der Waals surface area (Å²) in [6.07, 6.45) is 10.2. The van der Waals surface area contributed by atoms with Crippen LogP contribution in [0.4, 0.5) is 5.82 Å². The zero-order chi connectivity index (χ0) is 19.3. The van der Waals surface area contributed by atoms with Gasteiger partial charge in [0.2, 0.25) is 0 Å². The van der Waals surface area contributed by atoms with Gasteiger partial charge in [0.05, 0.1) is 10.6 Å². The van der Waals surface area contributed by atoms with E-state index in [2.05, 4.69) is 20.4 Å². The lowest BCUT2D eigenvalue weighted by Crippen LogP contribution is -2.35. The molecule has 144 valence electrons. The van der Waals surface area contributed by atoms with Crippen molar-refractivity contribution in [2.24, 2.45) is 0 Å². The van der Waals surface area contributed by atoms with Gasteiger partial charge in [-0.25, -0.2) is 14.6 Å². The van der Waals surface area contributed by atoms with Gasteiger partial charge in [-0.15, -0.1) is 0 Å². The second kappa shape index (κ2) is 8.39. The minimum atomic E-state index is -0.00125. The highest BCUT2D eigenvalue weighted by Crippen LogP contribution is 2.22. The van der Waals surface area contributed by atoms with E-state index in [4.69, 9.17) is 11.6 Å². The predicted molar refractivity (Wildman–Crippen MR) is 108 cm³/mol. The first kappa shape index (κ1) is 18.4.